The number of aliphatic hydroxyl groups excluding tert-OH is 1. The Bertz CT molecular complexity index is 674. The topological polar surface area (TPSA) is 101 Å². The molecule has 6 nitrogen and oxygen atoms in total. The second-order valence-corrected chi connectivity index (χ2v) is 9.76. The van der Waals surface area contributed by atoms with Gasteiger partial charge in [-0.1, -0.05) is 0 Å². The van der Waals surface area contributed by atoms with Gasteiger partial charge in [-0.05, 0) is 19.4 Å². The van der Waals surface area contributed by atoms with E-state index in [0.717, 1.165) is 0 Å². The van der Waals surface area contributed by atoms with Crippen LogP contribution in [0.1, 0.15) is 16.2 Å². The Hall–Kier alpha value is -0.480. The summed E-state index contributed by atoms with van der Waals surface area (Å²) in [6.45, 7) is 1.45. The Balaban J connectivity index is 2.21. The highest BCUT2D eigenvalue weighted by Crippen LogP contribution is 2.26. The van der Waals surface area contributed by atoms with Crippen LogP contribution in [-0.4, -0.2) is 39.5 Å². The Kier molecular flexibility index (Phi) is 4.03. The quantitative estimate of drug-likeness (QED) is 0.812. The van der Waals surface area contributed by atoms with Crippen molar-refractivity contribution in [2.45, 2.75) is 30.9 Å². The van der Waals surface area contributed by atoms with Gasteiger partial charge in [0.05, 0.1) is 23.0 Å². The lowest BCUT2D eigenvalue weighted by Crippen LogP contribution is -2.35. The SMILES string of the molecule is Cc1sc(CO)cc1S(=O)(=O)NC1CCS(=O)(=O)C1. The van der Waals surface area contributed by atoms with Crippen molar-refractivity contribution < 1.29 is 21.9 Å². The molecule has 108 valence electrons. The van der Waals surface area contributed by atoms with Gasteiger partial charge in [0, 0.05) is 15.8 Å². The molecule has 1 aromatic rings. The molecule has 1 aliphatic rings. The monoisotopic (exact) mass is 325 g/mol. The maximum absolute atomic E-state index is 12.2. The van der Waals surface area contributed by atoms with Crippen molar-refractivity contribution in [3.8, 4) is 0 Å². The number of nitrogens with one attached hydrogen (secondary N) is 1. The van der Waals surface area contributed by atoms with Gasteiger partial charge in [-0.25, -0.2) is 21.6 Å². The molecular weight excluding hydrogens is 310 g/mol. The first-order valence-corrected chi connectivity index (χ1v) is 9.78. The van der Waals surface area contributed by atoms with Crippen LogP contribution in [0, 0.1) is 6.92 Å². The van der Waals surface area contributed by atoms with Crippen molar-refractivity contribution in [3.05, 3.63) is 15.8 Å². The second kappa shape index (κ2) is 5.13. The number of rotatable bonds is 4. The van der Waals surface area contributed by atoms with Gasteiger partial charge in [-0.2, -0.15) is 0 Å². The Morgan fingerprint density at radius 3 is 2.68 bits per heavy atom. The van der Waals surface area contributed by atoms with Crippen molar-refractivity contribution in [1.82, 2.24) is 4.72 Å². The summed E-state index contributed by atoms with van der Waals surface area (Å²) in [5, 5.41) is 9.01. The highest BCUT2D eigenvalue weighted by molar-refractivity contribution is 7.92. The summed E-state index contributed by atoms with van der Waals surface area (Å²) < 4.78 is 49.4. The molecule has 1 atom stereocenters. The zero-order chi connectivity index (χ0) is 14.3. The number of aliphatic hydroxyl groups is 1. The first kappa shape index (κ1) is 14.9. The first-order valence-electron chi connectivity index (χ1n) is 5.66. The number of sulfonamides is 1. The average Bonchev–Trinajstić information content (AvgIpc) is 2.81. The molecule has 1 aliphatic heterocycles. The van der Waals surface area contributed by atoms with Crippen molar-refractivity contribution >= 4 is 31.2 Å². The van der Waals surface area contributed by atoms with Crippen LogP contribution in [-0.2, 0) is 26.5 Å². The minimum absolute atomic E-state index is 0.0185. The van der Waals surface area contributed by atoms with Crippen LogP contribution in [0.15, 0.2) is 11.0 Å². The summed E-state index contributed by atoms with van der Waals surface area (Å²) in [6, 6.07) is 0.859. The standard InChI is InChI=1S/C10H15NO5S3/c1-7-10(4-9(5-12)17-7)19(15,16)11-8-2-3-18(13,14)6-8/h4,8,11-12H,2-3,5-6H2,1H3. The average molecular weight is 325 g/mol. The predicted octanol–water partition coefficient (Wildman–Crippen LogP) is 0.0142. The molecule has 1 aromatic heterocycles. The smallest absolute Gasteiger partial charge is 0.241 e. The number of thiophene rings is 1. The lowest BCUT2D eigenvalue weighted by Gasteiger charge is -2.11. The maximum atomic E-state index is 12.2. The van der Waals surface area contributed by atoms with Crippen molar-refractivity contribution in [3.63, 3.8) is 0 Å². The molecule has 0 amide bonds. The van der Waals surface area contributed by atoms with Crippen LogP contribution >= 0.6 is 11.3 Å². The van der Waals surface area contributed by atoms with Crippen LogP contribution in [0.4, 0.5) is 0 Å². The molecule has 1 saturated heterocycles. The van der Waals surface area contributed by atoms with Crippen molar-refractivity contribution in [2.24, 2.45) is 0 Å². The molecule has 19 heavy (non-hydrogen) atoms. The number of aryl methyl sites for hydroxylation is 1. The fourth-order valence-corrected chi connectivity index (χ4v) is 6.58. The summed E-state index contributed by atoms with van der Waals surface area (Å²) >= 11 is 1.21. The summed E-state index contributed by atoms with van der Waals surface area (Å²) in [6.07, 6.45) is 0.303. The van der Waals surface area contributed by atoms with E-state index in [9.17, 15) is 16.8 Å². The molecule has 9 heteroatoms. The molecule has 2 heterocycles. The Labute approximate surface area is 116 Å². The lowest BCUT2D eigenvalue weighted by atomic mass is 10.3. The third kappa shape index (κ3) is 3.34. The molecule has 0 bridgehead atoms. The molecule has 0 spiro atoms. The molecule has 1 fully saturated rings. The van der Waals surface area contributed by atoms with Gasteiger partial charge >= 0.3 is 0 Å². The minimum Gasteiger partial charge on any atom is -0.391 e. The summed E-state index contributed by atoms with van der Waals surface area (Å²) in [4.78, 5) is 1.26. The third-order valence-electron chi connectivity index (χ3n) is 2.92. The molecular formula is C10H15NO5S3. The second-order valence-electron chi connectivity index (χ2n) is 4.51. The molecule has 2 N–H and O–H groups in total. The van der Waals surface area contributed by atoms with E-state index < -0.39 is 25.9 Å². The maximum Gasteiger partial charge on any atom is 0.241 e. The van der Waals surface area contributed by atoms with Gasteiger partial charge in [0.1, 0.15) is 0 Å². The van der Waals surface area contributed by atoms with E-state index in [2.05, 4.69) is 4.72 Å². The minimum atomic E-state index is -3.73. The highest BCUT2D eigenvalue weighted by Gasteiger charge is 2.32. The van der Waals surface area contributed by atoms with E-state index in [0.29, 0.717) is 16.2 Å². The van der Waals surface area contributed by atoms with Crippen LogP contribution in [0.5, 0.6) is 0 Å². The van der Waals surface area contributed by atoms with E-state index in [-0.39, 0.29) is 23.0 Å². The van der Waals surface area contributed by atoms with Gasteiger partial charge in [-0.3, -0.25) is 0 Å². The van der Waals surface area contributed by atoms with Gasteiger partial charge < -0.3 is 5.11 Å². The van der Waals surface area contributed by atoms with E-state index >= 15 is 0 Å². The Morgan fingerprint density at radius 2 is 2.21 bits per heavy atom. The summed E-state index contributed by atoms with van der Waals surface area (Å²) in [5.41, 5.74) is 0. The van der Waals surface area contributed by atoms with Gasteiger partial charge in [0.2, 0.25) is 10.0 Å². The molecule has 1 unspecified atom stereocenters. The molecule has 0 saturated carbocycles. The molecule has 0 aromatic carbocycles. The largest absolute Gasteiger partial charge is 0.391 e. The zero-order valence-electron chi connectivity index (χ0n) is 10.3. The van der Waals surface area contributed by atoms with Crippen LogP contribution in [0.3, 0.4) is 0 Å². The summed E-state index contributed by atoms with van der Waals surface area (Å²) in [7, 11) is -6.85. The number of hydrogen-bond donors (Lipinski definition) is 2. The Morgan fingerprint density at radius 1 is 1.53 bits per heavy atom. The van der Waals surface area contributed by atoms with Crippen LogP contribution in [0.2, 0.25) is 0 Å². The van der Waals surface area contributed by atoms with Gasteiger partial charge in [-0.15, -0.1) is 11.3 Å². The predicted molar refractivity (Wildman–Crippen MR) is 72.4 cm³/mol. The van der Waals surface area contributed by atoms with Crippen LogP contribution < -0.4 is 4.72 Å². The normalized spacial score (nSPS) is 22.7. The number of sulfone groups is 1. The van der Waals surface area contributed by atoms with E-state index in [1.54, 1.807) is 6.92 Å². The van der Waals surface area contributed by atoms with Crippen molar-refractivity contribution in [1.29, 1.82) is 0 Å². The van der Waals surface area contributed by atoms with E-state index in [4.69, 9.17) is 5.11 Å². The lowest BCUT2D eigenvalue weighted by molar-refractivity contribution is 0.285. The number of hydrogen-bond acceptors (Lipinski definition) is 6. The third-order valence-corrected chi connectivity index (χ3v) is 7.50. The zero-order valence-corrected chi connectivity index (χ0v) is 12.7. The van der Waals surface area contributed by atoms with Crippen LogP contribution in [0.25, 0.3) is 0 Å². The highest BCUT2D eigenvalue weighted by atomic mass is 32.2. The van der Waals surface area contributed by atoms with Crippen molar-refractivity contribution in [2.75, 3.05) is 11.5 Å². The fourth-order valence-electron chi connectivity index (χ4n) is 2.04. The first-order chi connectivity index (χ1) is 8.73. The molecule has 2 rings (SSSR count). The molecule has 0 aliphatic carbocycles. The van der Waals surface area contributed by atoms with E-state index in [1.807, 2.05) is 0 Å². The van der Waals surface area contributed by atoms with Gasteiger partial charge in [0.25, 0.3) is 0 Å². The summed E-state index contributed by atoms with van der Waals surface area (Å²) in [5.74, 6) is -0.132. The fraction of sp³-hybridized carbons (Fsp3) is 0.600. The van der Waals surface area contributed by atoms with E-state index in [1.165, 1.54) is 17.4 Å². The van der Waals surface area contributed by atoms with Gasteiger partial charge in [0.15, 0.2) is 9.84 Å². The molecule has 0 radical (unpaired) electrons.